The molecule has 4 heteroatoms. The summed E-state index contributed by atoms with van der Waals surface area (Å²) < 4.78 is 18.8. The summed E-state index contributed by atoms with van der Waals surface area (Å²) in [6, 6.07) is 5.27. The van der Waals surface area contributed by atoms with Gasteiger partial charge in [0, 0.05) is 38.1 Å². The predicted octanol–water partition coefficient (Wildman–Crippen LogP) is 2.02. The lowest BCUT2D eigenvalue weighted by molar-refractivity contribution is 0.199. The fourth-order valence-electron chi connectivity index (χ4n) is 2.61. The van der Waals surface area contributed by atoms with Crippen LogP contribution >= 0.6 is 0 Å². The van der Waals surface area contributed by atoms with Crippen molar-refractivity contribution in [2.45, 2.75) is 19.3 Å². The van der Waals surface area contributed by atoms with Gasteiger partial charge in [0.1, 0.15) is 0 Å². The standard InChI is InChI=1S/C15H23FN2O/c1-15(2,11-18-8-6-17-7-9-18)12-4-5-14(19-3)13(16)10-12/h4-5,10,17H,6-9,11H2,1-3H3. The summed E-state index contributed by atoms with van der Waals surface area (Å²) in [5, 5.41) is 3.35. The molecule has 0 unspecified atom stereocenters. The smallest absolute Gasteiger partial charge is 0.165 e. The molecule has 3 nitrogen and oxygen atoms in total. The minimum atomic E-state index is -0.284. The number of hydrogen-bond acceptors (Lipinski definition) is 3. The molecule has 1 N–H and O–H groups in total. The molecule has 0 atom stereocenters. The quantitative estimate of drug-likeness (QED) is 0.902. The number of rotatable bonds is 4. The van der Waals surface area contributed by atoms with E-state index in [4.69, 9.17) is 4.74 Å². The largest absolute Gasteiger partial charge is 0.494 e. The average Bonchev–Trinajstić information content (AvgIpc) is 2.39. The molecule has 19 heavy (non-hydrogen) atoms. The highest BCUT2D eigenvalue weighted by Gasteiger charge is 2.25. The average molecular weight is 266 g/mol. The van der Waals surface area contributed by atoms with Gasteiger partial charge in [0.15, 0.2) is 11.6 Å². The molecule has 1 aliphatic heterocycles. The summed E-state index contributed by atoms with van der Waals surface area (Å²) in [7, 11) is 1.49. The summed E-state index contributed by atoms with van der Waals surface area (Å²) in [4.78, 5) is 2.43. The van der Waals surface area contributed by atoms with Gasteiger partial charge >= 0.3 is 0 Å². The summed E-state index contributed by atoms with van der Waals surface area (Å²) >= 11 is 0. The van der Waals surface area contributed by atoms with E-state index in [2.05, 4.69) is 24.1 Å². The van der Waals surface area contributed by atoms with Crippen LogP contribution in [0.4, 0.5) is 4.39 Å². The molecular weight excluding hydrogens is 243 g/mol. The van der Waals surface area contributed by atoms with Crippen molar-refractivity contribution in [3.63, 3.8) is 0 Å². The molecule has 0 radical (unpaired) electrons. The van der Waals surface area contributed by atoms with E-state index in [1.165, 1.54) is 7.11 Å². The van der Waals surface area contributed by atoms with Crippen LogP contribution in [0.25, 0.3) is 0 Å². The molecule has 1 heterocycles. The fourth-order valence-corrected chi connectivity index (χ4v) is 2.61. The lowest BCUT2D eigenvalue weighted by Gasteiger charge is -2.35. The Kier molecular flexibility index (Phi) is 4.42. The summed E-state index contributed by atoms with van der Waals surface area (Å²) in [6.07, 6.45) is 0. The van der Waals surface area contributed by atoms with Crippen LogP contribution < -0.4 is 10.1 Å². The number of nitrogens with one attached hydrogen (secondary N) is 1. The van der Waals surface area contributed by atoms with Crippen molar-refractivity contribution in [3.8, 4) is 5.75 Å². The van der Waals surface area contributed by atoms with Gasteiger partial charge in [-0.1, -0.05) is 19.9 Å². The molecule has 0 aromatic heterocycles. The van der Waals surface area contributed by atoms with E-state index < -0.39 is 0 Å². The van der Waals surface area contributed by atoms with Gasteiger partial charge in [-0.05, 0) is 17.7 Å². The monoisotopic (exact) mass is 266 g/mol. The minimum absolute atomic E-state index is 0.0650. The zero-order chi connectivity index (χ0) is 13.9. The number of benzene rings is 1. The molecule has 0 saturated carbocycles. The molecule has 1 aliphatic rings. The van der Waals surface area contributed by atoms with Gasteiger partial charge in [0.05, 0.1) is 7.11 Å². The van der Waals surface area contributed by atoms with Crippen LogP contribution in [0.1, 0.15) is 19.4 Å². The molecule has 0 bridgehead atoms. The molecule has 106 valence electrons. The number of methoxy groups -OCH3 is 1. The Labute approximate surface area is 114 Å². The van der Waals surface area contributed by atoms with E-state index in [-0.39, 0.29) is 11.2 Å². The Balaban J connectivity index is 2.11. The van der Waals surface area contributed by atoms with Gasteiger partial charge in [-0.3, -0.25) is 4.90 Å². The zero-order valence-electron chi connectivity index (χ0n) is 12.0. The Morgan fingerprint density at radius 1 is 1.32 bits per heavy atom. The number of nitrogens with zero attached hydrogens (tertiary/aromatic N) is 1. The molecule has 1 fully saturated rings. The van der Waals surface area contributed by atoms with Crippen LogP contribution in [0.3, 0.4) is 0 Å². The fraction of sp³-hybridized carbons (Fsp3) is 0.600. The molecule has 2 rings (SSSR count). The van der Waals surface area contributed by atoms with Crippen LogP contribution in [0.2, 0.25) is 0 Å². The summed E-state index contributed by atoms with van der Waals surface area (Å²) in [5.41, 5.74) is 0.953. The zero-order valence-corrected chi connectivity index (χ0v) is 12.0. The maximum Gasteiger partial charge on any atom is 0.165 e. The second kappa shape index (κ2) is 5.88. The van der Waals surface area contributed by atoms with Gasteiger partial charge in [-0.15, -0.1) is 0 Å². The number of halogens is 1. The maximum absolute atomic E-state index is 13.8. The van der Waals surface area contributed by atoms with Crippen molar-refractivity contribution in [3.05, 3.63) is 29.6 Å². The molecule has 1 aromatic carbocycles. The Bertz CT molecular complexity index is 428. The van der Waals surface area contributed by atoms with E-state index in [1.54, 1.807) is 12.1 Å². The topological polar surface area (TPSA) is 24.5 Å². The normalized spacial score (nSPS) is 17.5. The molecule has 1 aromatic rings. The first-order valence-electron chi connectivity index (χ1n) is 6.80. The number of ether oxygens (including phenoxy) is 1. The minimum Gasteiger partial charge on any atom is -0.494 e. The highest BCUT2D eigenvalue weighted by atomic mass is 19.1. The van der Waals surface area contributed by atoms with Gasteiger partial charge in [-0.2, -0.15) is 0 Å². The van der Waals surface area contributed by atoms with Crippen molar-refractivity contribution < 1.29 is 9.13 Å². The second-order valence-electron chi connectivity index (χ2n) is 5.76. The highest BCUT2D eigenvalue weighted by Crippen LogP contribution is 2.28. The first kappa shape index (κ1) is 14.3. The summed E-state index contributed by atoms with van der Waals surface area (Å²) in [6.45, 7) is 9.46. The first-order chi connectivity index (χ1) is 9.03. The number of hydrogen-bond donors (Lipinski definition) is 1. The maximum atomic E-state index is 13.8. The molecule has 0 amide bonds. The van der Waals surface area contributed by atoms with Crippen LogP contribution in [-0.4, -0.2) is 44.7 Å². The van der Waals surface area contributed by atoms with Gasteiger partial charge in [0.25, 0.3) is 0 Å². The van der Waals surface area contributed by atoms with E-state index in [9.17, 15) is 4.39 Å². The molecule has 0 aliphatic carbocycles. The number of piperazine rings is 1. The SMILES string of the molecule is COc1ccc(C(C)(C)CN2CCNCC2)cc1F. The first-order valence-corrected chi connectivity index (χ1v) is 6.80. The van der Waals surface area contributed by atoms with Crippen LogP contribution in [0.5, 0.6) is 5.75 Å². The van der Waals surface area contributed by atoms with Crippen LogP contribution in [0.15, 0.2) is 18.2 Å². The molecule has 1 saturated heterocycles. The summed E-state index contributed by atoms with van der Waals surface area (Å²) in [5.74, 6) is 0.0232. The lowest BCUT2D eigenvalue weighted by Crippen LogP contribution is -2.47. The van der Waals surface area contributed by atoms with Gasteiger partial charge in [-0.25, -0.2) is 4.39 Å². The van der Waals surface area contributed by atoms with Crippen molar-refractivity contribution in [2.75, 3.05) is 39.8 Å². The van der Waals surface area contributed by atoms with Crippen LogP contribution in [0, 0.1) is 5.82 Å². The van der Waals surface area contributed by atoms with E-state index in [0.717, 1.165) is 38.3 Å². The predicted molar refractivity (Wildman–Crippen MR) is 75.3 cm³/mol. The van der Waals surface area contributed by atoms with Crippen LogP contribution in [-0.2, 0) is 5.41 Å². The molecule has 0 spiro atoms. The second-order valence-corrected chi connectivity index (χ2v) is 5.76. The Morgan fingerprint density at radius 2 is 2.00 bits per heavy atom. The van der Waals surface area contributed by atoms with Crippen molar-refractivity contribution in [1.82, 2.24) is 10.2 Å². The Hall–Kier alpha value is -1.13. The van der Waals surface area contributed by atoms with Gasteiger partial charge < -0.3 is 10.1 Å². The van der Waals surface area contributed by atoms with Crippen molar-refractivity contribution >= 4 is 0 Å². The Morgan fingerprint density at radius 3 is 2.58 bits per heavy atom. The molecular formula is C15H23FN2O. The lowest BCUT2D eigenvalue weighted by atomic mass is 9.84. The highest BCUT2D eigenvalue weighted by molar-refractivity contribution is 5.33. The van der Waals surface area contributed by atoms with E-state index in [1.807, 2.05) is 6.07 Å². The third-order valence-electron chi connectivity index (χ3n) is 3.76. The third kappa shape index (κ3) is 3.45. The van der Waals surface area contributed by atoms with E-state index in [0.29, 0.717) is 5.75 Å². The van der Waals surface area contributed by atoms with E-state index >= 15 is 0 Å². The van der Waals surface area contributed by atoms with Crippen molar-refractivity contribution in [1.29, 1.82) is 0 Å². The van der Waals surface area contributed by atoms with Gasteiger partial charge in [0.2, 0.25) is 0 Å². The van der Waals surface area contributed by atoms with Crippen molar-refractivity contribution in [2.24, 2.45) is 0 Å². The third-order valence-corrected chi connectivity index (χ3v) is 3.76.